The van der Waals surface area contributed by atoms with Crippen molar-refractivity contribution in [2.45, 2.75) is 6.42 Å². The van der Waals surface area contributed by atoms with Crippen molar-refractivity contribution in [3.63, 3.8) is 0 Å². The summed E-state index contributed by atoms with van der Waals surface area (Å²) in [6.07, 6.45) is 4.24. The summed E-state index contributed by atoms with van der Waals surface area (Å²) >= 11 is 0. The van der Waals surface area contributed by atoms with Gasteiger partial charge in [0.05, 0.1) is 13.4 Å². The molecule has 122 valence electrons. The molecule has 0 aliphatic rings. The van der Waals surface area contributed by atoms with Gasteiger partial charge in [-0.2, -0.15) is 5.10 Å². The summed E-state index contributed by atoms with van der Waals surface area (Å²) in [6.45, 7) is 0. The summed E-state index contributed by atoms with van der Waals surface area (Å²) in [5, 5.41) is 16.0. The standard InChI is InChI=1S/C17H15N3O4/c1-23-13-4-2-3-11(8-13)7-12-5-6-24-16(12)14(21)9-15(22)17-18-10-19-20-17/h2-6,8-10,22H,7H2,1H3,(H,18,19,20). The van der Waals surface area contributed by atoms with E-state index in [1.165, 1.54) is 12.6 Å². The molecular weight excluding hydrogens is 310 g/mol. The third-order valence-corrected chi connectivity index (χ3v) is 3.42. The van der Waals surface area contributed by atoms with Gasteiger partial charge in [0.25, 0.3) is 0 Å². The van der Waals surface area contributed by atoms with E-state index in [1.807, 2.05) is 24.3 Å². The molecule has 3 aromatic rings. The summed E-state index contributed by atoms with van der Waals surface area (Å²) < 4.78 is 10.5. The summed E-state index contributed by atoms with van der Waals surface area (Å²) in [5.74, 6) is 0.271. The number of aliphatic hydroxyl groups excluding tert-OH is 1. The van der Waals surface area contributed by atoms with E-state index in [4.69, 9.17) is 9.15 Å². The monoisotopic (exact) mass is 325 g/mol. The van der Waals surface area contributed by atoms with Crippen molar-refractivity contribution in [2.75, 3.05) is 7.11 Å². The quantitative estimate of drug-likeness (QED) is 0.410. The molecule has 2 aromatic heterocycles. The van der Waals surface area contributed by atoms with E-state index in [0.29, 0.717) is 6.42 Å². The number of rotatable bonds is 6. The second-order valence-corrected chi connectivity index (χ2v) is 5.03. The molecule has 7 nitrogen and oxygen atoms in total. The zero-order valence-corrected chi connectivity index (χ0v) is 12.9. The van der Waals surface area contributed by atoms with Crippen LogP contribution in [0.3, 0.4) is 0 Å². The second kappa shape index (κ2) is 6.82. The molecule has 0 fully saturated rings. The number of aromatic nitrogens is 3. The maximum Gasteiger partial charge on any atom is 0.225 e. The number of hydrogen-bond acceptors (Lipinski definition) is 6. The van der Waals surface area contributed by atoms with Crippen molar-refractivity contribution in [1.29, 1.82) is 0 Å². The van der Waals surface area contributed by atoms with E-state index in [1.54, 1.807) is 13.2 Å². The first kappa shape index (κ1) is 15.5. The van der Waals surface area contributed by atoms with Crippen LogP contribution in [0, 0.1) is 0 Å². The smallest absolute Gasteiger partial charge is 0.225 e. The van der Waals surface area contributed by atoms with Gasteiger partial charge in [0, 0.05) is 18.1 Å². The molecule has 0 saturated carbocycles. The number of H-pyrrole nitrogens is 1. The average molecular weight is 325 g/mol. The summed E-state index contributed by atoms with van der Waals surface area (Å²) in [7, 11) is 1.60. The van der Waals surface area contributed by atoms with E-state index in [-0.39, 0.29) is 17.3 Å². The molecule has 7 heteroatoms. The van der Waals surface area contributed by atoms with Gasteiger partial charge in [0.15, 0.2) is 17.3 Å². The van der Waals surface area contributed by atoms with E-state index >= 15 is 0 Å². The molecule has 3 rings (SSSR count). The molecule has 2 heterocycles. The van der Waals surface area contributed by atoms with Crippen LogP contribution < -0.4 is 4.74 Å². The van der Waals surface area contributed by atoms with Crippen LogP contribution in [0.2, 0.25) is 0 Å². The van der Waals surface area contributed by atoms with Gasteiger partial charge in [0.2, 0.25) is 5.78 Å². The molecule has 1 aromatic carbocycles. The van der Waals surface area contributed by atoms with E-state index in [9.17, 15) is 9.90 Å². The number of methoxy groups -OCH3 is 1. The zero-order chi connectivity index (χ0) is 16.9. The molecule has 2 N–H and O–H groups in total. The molecule has 0 atom stereocenters. The Balaban J connectivity index is 1.82. The first-order chi connectivity index (χ1) is 11.7. The number of aliphatic hydroxyl groups is 1. The Bertz CT molecular complexity index is 866. The first-order valence-electron chi connectivity index (χ1n) is 7.17. The highest BCUT2D eigenvalue weighted by molar-refractivity contribution is 6.06. The second-order valence-electron chi connectivity index (χ2n) is 5.03. The number of furan rings is 1. The largest absolute Gasteiger partial charge is 0.504 e. The molecule has 0 saturated heterocycles. The van der Waals surface area contributed by atoms with E-state index in [2.05, 4.69) is 15.2 Å². The Kier molecular flexibility index (Phi) is 4.42. The highest BCUT2D eigenvalue weighted by Gasteiger charge is 2.16. The molecule has 0 aliphatic heterocycles. The van der Waals surface area contributed by atoms with Gasteiger partial charge in [0.1, 0.15) is 12.1 Å². The van der Waals surface area contributed by atoms with Crippen LogP contribution in [0.1, 0.15) is 27.5 Å². The maximum atomic E-state index is 12.3. The van der Waals surface area contributed by atoms with Crippen LogP contribution in [-0.2, 0) is 6.42 Å². The molecule has 0 radical (unpaired) electrons. The Morgan fingerprint density at radius 2 is 2.29 bits per heavy atom. The predicted octanol–water partition coefficient (Wildman–Crippen LogP) is 2.78. The SMILES string of the molecule is COc1cccc(Cc2ccoc2C(=O)C=C(O)c2ncn[nH]2)c1. The van der Waals surface area contributed by atoms with E-state index in [0.717, 1.165) is 23.0 Å². The Hall–Kier alpha value is -3.35. The summed E-state index contributed by atoms with van der Waals surface area (Å²) in [6, 6.07) is 9.29. The minimum Gasteiger partial charge on any atom is -0.504 e. The van der Waals surface area contributed by atoms with Gasteiger partial charge in [-0.15, -0.1) is 0 Å². The minimum atomic E-state index is -0.452. The lowest BCUT2D eigenvalue weighted by molar-refractivity contribution is 0.102. The third kappa shape index (κ3) is 3.35. The van der Waals surface area contributed by atoms with Gasteiger partial charge in [-0.05, 0) is 23.8 Å². The number of allylic oxidation sites excluding steroid dienone is 1. The van der Waals surface area contributed by atoms with Crippen LogP contribution in [0.4, 0.5) is 0 Å². The van der Waals surface area contributed by atoms with Gasteiger partial charge in [-0.25, -0.2) is 4.98 Å². The molecule has 0 spiro atoms. The van der Waals surface area contributed by atoms with E-state index < -0.39 is 5.78 Å². The number of carbonyl (C=O) groups is 1. The van der Waals surface area contributed by atoms with Crippen molar-refractivity contribution < 1.29 is 19.1 Å². The van der Waals surface area contributed by atoms with Gasteiger partial charge in [-0.3, -0.25) is 9.89 Å². The predicted molar refractivity (Wildman–Crippen MR) is 85.8 cm³/mol. The van der Waals surface area contributed by atoms with Crippen LogP contribution >= 0.6 is 0 Å². The molecule has 24 heavy (non-hydrogen) atoms. The van der Waals surface area contributed by atoms with Gasteiger partial charge >= 0.3 is 0 Å². The minimum absolute atomic E-state index is 0.115. The summed E-state index contributed by atoms with van der Waals surface area (Å²) in [4.78, 5) is 16.1. The first-order valence-corrected chi connectivity index (χ1v) is 7.17. The van der Waals surface area contributed by atoms with Crippen molar-refractivity contribution in [3.8, 4) is 5.75 Å². The third-order valence-electron chi connectivity index (χ3n) is 3.42. The van der Waals surface area contributed by atoms with Crippen molar-refractivity contribution in [2.24, 2.45) is 0 Å². The number of hydrogen-bond donors (Lipinski definition) is 2. The highest BCUT2D eigenvalue weighted by atomic mass is 16.5. The molecule has 0 bridgehead atoms. The lowest BCUT2D eigenvalue weighted by Gasteiger charge is -2.04. The van der Waals surface area contributed by atoms with Crippen LogP contribution in [0.5, 0.6) is 5.75 Å². The molecule has 0 amide bonds. The van der Waals surface area contributed by atoms with Gasteiger partial charge < -0.3 is 14.3 Å². The van der Waals surface area contributed by atoms with Crippen LogP contribution in [-0.4, -0.2) is 33.2 Å². The Morgan fingerprint density at radius 3 is 3.04 bits per heavy atom. The van der Waals surface area contributed by atoms with Crippen LogP contribution in [0.25, 0.3) is 5.76 Å². The lowest BCUT2D eigenvalue weighted by atomic mass is 10.0. The van der Waals surface area contributed by atoms with Crippen molar-refractivity contribution in [3.05, 3.63) is 71.7 Å². The number of ketones is 1. The van der Waals surface area contributed by atoms with Gasteiger partial charge in [-0.1, -0.05) is 12.1 Å². The fourth-order valence-corrected chi connectivity index (χ4v) is 2.28. The molecule has 0 aliphatic carbocycles. The maximum absolute atomic E-state index is 12.3. The van der Waals surface area contributed by atoms with Crippen molar-refractivity contribution >= 4 is 11.5 Å². The zero-order valence-electron chi connectivity index (χ0n) is 12.9. The number of carbonyl (C=O) groups excluding carboxylic acids is 1. The number of nitrogens with one attached hydrogen (secondary N) is 1. The normalized spacial score (nSPS) is 11.5. The topological polar surface area (TPSA) is 101 Å². The number of ether oxygens (including phenoxy) is 1. The van der Waals surface area contributed by atoms with Crippen molar-refractivity contribution in [1.82, 2.24) is 15.2 Å². The van der Waals surface area contributed by atoms with Crippen LogP contribution in [0.15, 0.2) is 53.4 Å². The lowest BCUT2D eigenvalue weighted by Crippen LogP contribution is -2.01. The number of nitrogens with zero attached hydrogens (tertiary/aromatic N) is 2. The fourth-order valence-electron chi connectivity index (χ4n) is 2.28. The molecule has 0 unspecified atom stereocenters. The Morgan fingerprint density at radius 1 is 1.42 bits per heavy atom. The fraction of sp³-hybridized carbons (Fsp3) is 0.118. The Labute approximate surface area is 137 Å². The molecular formula is C17H15N3O4. The average Bonchev–Trinajstić information content (AvgIpc) is 3.26. The highest BCUT2D eigenvalue weighted by Crippen LogP contribution is 2.20. The number of benzene rings is 1. The number of aromatic amines is 1. The summed E-state index contributed by atoms with van der Waals surface area (Å²) in [5.41, 5.74) is 1.70.